The van der Waals surface area contributed by atoms with Gasteiger partial charge < -0.3 is 0 Å². The molecule has 3 rings (SSSR count). The van der Waals surface area contributed by atoms with Crippen LogP contribution in [0.2, 0.25) is 5.02 Å². The van der Waals surface area contributed by atoms with Gasteiger partial charge in [0.1, 0.15) is 0 Å². The SMILES string of the molecule is O=S(=O)(Nc1nc(-c2ccccc2)cs1)c1cccc(Cl)c1. The predicted molar refractivity (Wildman–Crippen MR) is 89.8 cm³/mol. The summed E-state index contributed by atoms with van der Waals surface area (Å²) in [5.74, 6) is 0. The summed E-state index contributed by atoms with van der Waals surface area (Å²) in [5, 5.41) is 2.50. The Bertz CT molecular complexity index is 893. The van der Waals surface area contributed by atoms with E-state index in [-0.39, 0.29) is 4.90 Å². The second-order valence-corrected chi connectivity index (χ2v) is 7.44. The van der Waals surface area contributed by atoms with E-state index in [1.165, 1.54) is 23.5 Å². The van der Waals surface area contributed by atoms with E-state index >= 15 is 0 Å². The number of aromatic nitrogens is 1. The van der Waals surface area contributed by atoms with Crippen LogP contribution in [0.15, 0.2) is 64.9 Å². The average molecular weight is 351 g/mol. The Hall–Kier alpha value is -1.89. The number of halogens is 1. The number of thiazole rings is 1. The van der Waals surface area contributed by atoms with E-state index in [1.54, 1.807) is 12.1 Å². The van der Waals surface area contributed by atoms with Gasteiger partial charge in [0.25, 0.3) is 10.0 Å². The molecule has 1 heterocycles. The van der Waals surface area contributed by atoms with Crippen molar-refractivity contribution in [3.8, 4) is 11.3 Å². The van der Waals surface area contributed by atoms with Crippen molar-refractivity contribution in [1.29, 1.82) is 0 Å². The molecule has 0 bridgehead atoms. The van der Waals surface area contributed by atoms with Gasteiger partial charge in [0.05, 0.1) is 10.6 Å². The third-order valence-electron chi connectivity index (χ3n) is 2.90. The molecule has 2 aromatic carbocycles. The molecular weight excluding hydrogens is 340 g/mol. The van der Waals surface area contributed by atoms with Crippen LogP contribution in [0.4, 0.5) is 5.13 Å². The first kappa shape index (κ1) is 15.0. The van der Waals surface area contributed by atoms with E-state index in [9.17, 15) is 8.42 Å². The number of hydrogen-bond acceptors (Lipinski definition) is 4. The van der Waals surface area contributed by atoms with Crippen LogP contribution in [0.3, 0.4) is 0 Å². The van der Waals surface area contributed by atoms with Gasteiger partial charge in [-0.05, 0) is 18.2 Å². The van der Waals surface area contributed by atoms with Crippen LogP contribution in [-0.2, 0) is 10.0 Å². The van der Waals surface area contributed by atoms with Crippen molar-refractivity contribution >= 4 is 38.1 Å². The summed E-state index contributed by atoms with van der Waals surface area (Å²) in [6.07, 6.45) is 0. The van der Waals surface area contributed by atoms with E-state index < -0.39 is 10.0 Å². The first-order valence-corrected chi connectivity index (χ1v) is 9.08. The lowest BCUT2D eigenvalue weighted by molar-refractivity contribution is 0.601. The lowest BCUT2D eigenvalue weighted by Crippen LogP contribution is -2.12. The highest BCUT2D eigenvalue weighted by molar-refractivity contribution is 7.93. The molecule has 3 aromatic rings. The number of anilines is 1. The van der Waals surface area contributed by atoms with Crippen LogP contribution in [-0.4, -0.2) is 13.4 Å². The summed E-state index contributed by atoms with van der Waals surface area (Å²) < 4.78 is 27.1. The number of benzene rings is 2. The minimum atomic E-state index is -3.69. The maximum Gasteiger partial charge on any atom is 0.263 e. The Kier molecular flexibility index (Phi) is 4.15. The second kappa shape index (κ2) is 6.08. The average Bonchev–Trinajstić information content (AvgIpc) is 2.96. The molecular formula is C15H11ClN2O2S2. The summed E-state index contributed by atoms with van der Waals surface area (Å²) in [5.41, 5.74) is 1.67. The van der Waals surface area contributed by atoms with Gasteiger partial charge in [-0.2, -0.15) is 0 Å². The van der Waals surface area contributed by atoms with Crippen LogP contribution in [0.25, 0.3) is 11.3 Å². The zero-order valence-electron chi connectivity index (χ0n) is 11.2. The minimum Gasteiger partial charge on any atom is -0.255 e. The zero-order chi connectivity index (χ0) is 15.6. The molecule has 0 aliphatic rings. The summed E-state index contributed by atoms with van der Waals surface area (Å²) in [6, 6.07) is 15.7. The largest absolute Gasteiger partial charge is 0.263 e. The van der Waals surface area contributed by atoms with Crippen molar-refractivity contribution in [3.63, 3.8) is 0 Å². The first-order chi connectivity index (χ1) is 10.5. The maximum absolute atomic E-state index is 12.3. The Balaban J connectivity index is 1.86. The number of nitrogens with one attached hydrogen (secondary N) is 1. The monoisotopic (exact) mass is 350 g/mol. The molecule has 0 spiro atoms. The third-order valence-corrected chi connectivity index (χ3v) is 5.36. The molecule has 0 unspecified atom stereocenters. The Morgan fingerprint density at radius 3 is 2.55 bits per heavy atom. The minimum absolute atomic E-state index is 0.108. The second-order valence-electron chi connectivity index (χ2n) is 4.47. The lowest BCUT2D eigenvalue weighted by Gasteiger charge is -2.05. The van der Waals surface area contributed by atoms with Crippen molar-refractivity contribution in [2.24, 2.45) is 0 Å². The standard InChI is InChI=1S/C15H11ClN2O2S2/c16-12-7-4-8-13(9-12)22(19,20)18-15-17-14(10-21-15)11-5-2-1-3-6-11/h1-10H,(H,17,18). The molecule has 0 fully saturated rings. The number of rotatable bonds is 4. The van der Waals surface area contributed by atoms with Crippen molar-refractivity contribution in [3.05, 3.63) is 65.0 Å². The molecule has 7 heteroatoms. The fourth-order valence-electron chi connectivity index (χ4n) is 1.87. The first-order valence-electron chi connectivity index (χ1n) is 6.34. The number of nitrogens with zero attached hydrogens (tertiary/aromatic N) is 1. The van der Waals surface area contributed by atoms with Gasteiger partial charge in [0, 0.05) is 16.0 Å². The van der Waals surface area contributed by atoms with E-state index in [2.05, 4.69) is 9.71 Å². The molecule has 0 atom stereocenters. The Morgan fingerprint density at radius 1 is 1.05 bits per heavy atom. The van der Waals surface area contributed by atoms with Crippen molar-refractivity contribution < 1.29 is 8.42 Å². The van der Waals surface area contributed by atoms with Crippen molar-refractivity contribution in [2.75, 3.05) is 4.72 Å². The van der Waals surface area contributed by atoms with Crippen molar-refractivity contribution in [2.45, 2.75) is 4.90 Å². The van der Waals surface area contributed by atoms with Crippen molar-refractivity contribution in [1.82, 2.24) is 4.98 Å². The van der Waals surface area contributed by atoms with Crippen LogP contribution < -0.4 is 4.72 Å². The predicted octanol–water partition coefficient (Wildman–Crippen LogP) is 4.26. The van der Waals surface area contributed by atoms with E-state index in [0.29, 0.717) is 10.2 Å². The van der Waals surface area contributed by atoms with Gasteiger partial charge in [-0.3, -0.25) is 4.72 Å². The molecule has 0 aliphatic carbocycles. The molecule has 0 amide bonds. The topological polar surface area (TPSA) is 59.1 Å². The van der Waals surface area contributed by atoms with Gasteiger partial charge in [0.15, 0.2) is 5.13 Å². The molecule has 1 aromatic heterocycles. The van der Waals surface area contributed by atoms with Gasteiger partial charge in [-0.1, -0.05) is 48.0 Å². The number of sulfonamides is 1. The summed E-state index contributed by atoms with van der Waals surface area (Å²) >= 11 is 7.07. The quantitative estimate of drug-likeness (QED) is 0.764. The lowest BCUT2D eigenvalue weighted by atomic mass is 10.2. The molecule has 4 nitrogen and oxygen atoms in total. The van der Waals surface area contributed by atoms with Gasteiger partial charge >= 0.3 is 0 Å². The molecule has 0 saturated carbocycles. The third kappa shape index (κ3) is 3.30. The van der Waals surface area contributed by atoms with Gasteiger partial charge in [0.2, 0.25) is 0 Å². The van der Waals surface area contributed by atoms with Crippen LogP contribution >= 0.6 is 22.9 Å². The van der Waals surface area contributed by atoms with E-state index in [1.807, 2.05) is 35.7 Å². The smallest absolute Gasteiger partial charge is 0.255 e. The summed E-state index contributed by atoms with van der Waals surface area (Å²) in [4.78, 5) is 4.42. The van der Waals surface area contributed by atoms with Crippen LogP contribution in [0, 0.1) is 0 Å². The summed E-state index contributed by atoms with van der Waals surface area (Å²) in [6.45, 7) is 0. The van der Waals surface area contributed by atoms with Crippen LogP contribution in [0.5, 0.6) is 0 Å². The van der Waals surface area contributed by atoms with Gasteiger partial charge in [-0.15, -0.1) is 11.3 Å². The molecule has 112 valence electrons. The molecule has 1 N–H and O–H groups in total. The fourth-order valence-corrected chi connectivity index (χ4v) is 4.14. The maximum atomic E-state index is 12.3. The van der Waals surface area contributed by atoms with E-state index in [0.717, 1.165) is 11.3 Å². The number of hydrogen-bond donors (Lipinski definition) is 1. The molecule has 0 aliphatic heterocycles. The van der Waals surface area contributed by atoms with Crippen LogP contribution in [0.1, 0.15) is 0 Å². The highest BCUT2D eigenvalue weighted by Gasteiger charge is 2.16. The molecule has 0 radical (unpaired) electrons. The Morgan fingerprint density at radius 2 is 1.82 bits per heavy atom. The highest BCUT2D eigenvalue weighted by Crippen LogP contribution is 2.26. The fraction of sp³-hybridized carbons (Fsp3) is 0. The van der Waals surface area contributed by atoms with E-state index in [4.69, 9.17) is 11.6 Å². The summed E-state index contributed by atoms with van der Waals surface area (Å²) in [7, 11) is -3.69. The molecule has 22 heavy (non-hydrogen) atoms. The highest BCUT2D eigenvalue weighted by atomic mass is 35.5. The molecule has 0 saturated heterocycles. The van der Waals surface area contributed by atoms with Gasteiger partial charge in [-0.25, -0.2) is 13.4 Å². The zero-order valence-corrected chi connectivity index (χ0v) is 13.6. The normalized spacial score (nSPS) is 11.3. The Labute approximate surface area is 137 Å².